The SMILES string of the molecule is CC(C)(C)c1ccc(Nc2cc3c(cc2-c2ccc4c5cc6c(cc5n5c4c2Bc2cc4c(-c7ccccc7)oc(-c7ccccc7)c4cc2-5)sc2ccccc26)-c2cc4c(cc2C3(C)C)C(C)(C)CCC4(C)C)cc1. The summed E-state index contributed by atoms with van der Waals surface area (Å²) in [5.41, 5.74) is 23.2. The molecule has 15 rings (SSSR count). The van der Waals surface area contributed by atoms with E-state index in [0.29, 0.717) is 0 Å². The van der Waals surface area contributed by atoms with Crippen LogP contribution in [0.25, 0.3) is 103 Å². The largest absolute Gasteiger partial charge is 0.455 e. The van der Waals surface area contributed by atoms with E-state index in [4.69, 9.17) is 4.42 Å². The van der Waals surface area contributed by atoms with Crippen molar-refractivity contribution in [1.29, 1.82) is 0 Å². The lowest BCUT2D eigenvalue weighted by Gasteiger charge is -2.42. The van der Waals surface area contributed by atoms with Crippen LogP contribution in [0.15, 0.2) is 174 Å². The normalized spacial score (nSPS) is 15.8. The molecule has 5 heteroatoms. The monoisotopic (exact) mass is 1000 g/mol. The van der Waals surface area contributed by atoms with Gasteiger partial charge in [-0.2, -0.15) is 0 Å². The number of fused-ring (bicyclic) bond motifs is 13. The maximum atomic E-state index is 7.09. The summed E-state index contributed by atoms with van der Waals surface area (Å²) in [6.07, 6.45) is 2.38. The van der Waals surface area contributed by atoms with E-state index < -0.39 is 0 Å². The highest BCUT2D eigenvalue weighted by Crippen LogP contribution is 2.57. The van der Waals surface area contributed by atoms with Crippen LogP contribution in [0.5, 0.6) is 0 Å². The maximum absolute atomic E-state index is 7.09. The van der Waals surface area contributed by atoms with E-state index in [-0.39, 0.29) is 21.7 Å². The molecule has 0 amide bonds. The van der Waals surface area contributed by atoms with Gasteiger partial charge in [-0.3, -0.25) is 0 Å². The summed E-state index contributed by atoms with van der Waals surface area (Å²) < 4.78 is 12.3. The molecule has 0 bridgehead atoms. The van der Waals surface area contributed by atoms with Crippen LogP contribution in [-0.4, -0.2) is 11.8 Å². The molecule has 0 unspecified atom stereocenters. The van der Waals surface area contributed by atoms with Gasteiger partial charge in [0.1, 0.15) is 11.5 Å². The number of hydrogen-bond donors (Lipinski definition) is 1. The summed E-state index contributed by atoms with van der Waals surface area (Å²) in [5.74, 6) is 1.81. The van der Waals surface area contributed by atoms with Crippen LogP contribution in [0.1, 0.15) is 103 Å². The third kappa shape index (κ3) is 6.60. The predicted molar refractivity (Wildman–Crippen MR) is 327 cm³/mol. The van der Waals surface area contributed by atoms with Crippen LogP contribution in [0.3, 0.4) is 0 Å². The maximum Gasteiger partial charge on any atom is 0.198 e. The summed E-state index contributed by atoms with van der Waals surface area (Å²) >= 11 is 1.89. The van der Waals surface area contributed by atoms with Crippen molar-refractivity contribution >= 4 is 93.7 Å². The molecule has 3 aromatic heterocycles. The van der Waals surface area contributed by atoms with Gasteiger partial charge in [0.05, 0.1) is 5.52 Å². The van der Waals surface area contributed by atoms with Crippen LogP contribution in [0.2, 0.25) is 0 Å². The summed E-state index contributed by atoms with van der Waals surface area (Å²) in [7, 11) is 0.765. The Labute approximate surface area is 450 Å². The number of thiophene rings is 1. The van der Waals surface area contributed by atoms with Gasteiger partial charge in [-0.25, -0.2) is 0 Å². The number of aromatic nitrogens is 1. The third-order valence-corrected chi connectivity index (χ3v) is 19.4. The van der Waals surface area contributed by atoms with E-state index in [1.807, 2.05) is 11.3 Å². The van der Waals surface area contributed by atoms with Gasteiger partial charge in [0, 0.05) is 86.4 Å². The van der Waals surface area contributed by atoms with Crippen molar-refractivity contribution in [2.45, 2.75) is 96.8 Å². The summed E-state index contributed by atoms with van der Waals surface area (Å²) in [6, 6.07) is 64.4. The molecule has 9 aromatic carbocycles. The lowest BCUT2D eigenvalue weighted by atomic mass is 9.58. The average molecular weight is 1000 g/mol. The number of furan rings is 1. The van der Waals surface area contributed by atoms with E-state index in [0.717, 1.165) is 52.1 Å². The van der Waals surface area contributed by atoms with Gasteiger partial charge in [0.15, 0.2) is 7.28 Å². The Morgan fingerprint density at radius 1 is 0.513 bits per heavy atom. The smallest absolute Gasteiger partial charge is 0.198 e. The Morgan fingerprint density at radius 3 is 1.84 bits per heavy atom. The number of anilines is 2. The molecule has 76 heavy (non-hydrogen) atoms. The second-order valence-corrected chi connectivity index (χ2v) is 26.3. The van der Waals surface area contributed by atoms with Crippen molar-refractivity contribution in [3.63, 3.8) is 0 Å². The predicted octanol–water partition coefficient (Wildman–Crippen LogP) is 18.3. The van der Waals surface area contributed by atoms with E-state index in [2.05, 4.69) is 242 Å². The molecule has 4 heterocycles. The Bertz CT molecular complexity index is 4440. The van der Waals surface area contributed by atoms with Crippen LogP contribution in [-0.2, 0) is 21.7 Å². The standard InChI is InChI=1S/C71H61BN2OS/c1-68(2,3)42-24-26-43(27-25-42)73-59-38-55-47(48-34-56-57(37-54(48)71(55,8)9)70(6,7)31-30-69(56,4)5)32-49(59)45-28-29-46-50-33-51-44-22-16-17-23-62(44)76-63(51)39-60(50)74-61-36-53-52(35-58(61)72-64(45)65(46)74)66(40-18-12-10-13-19-40)75-67(53)41-20-14-11-15-21-41/h10-29,32-39,72-73H,30-31H2,1-9H3. The molecule has 0 fully saturated rings. The molecular formula is C71H61BN2OS. The number of nitrogens with zero attached hydrogens (tertiary/aromatic N) is 1. The average Bonchev–Trinajstić information content (AvgIpc) is 4.26. The zero-order chi connectivity index (χ0) is 51.8. The highest BCUT2D eigenvalue weighted by molar-refractivity contribution is 7.25. The first-order valence-electron chi connectivity index (χ1n) is 27.4. The first-order valence-corrected chi connectivity index (χ1v) is 28.2. The molecule has 370 valence electrons. The van der Waals surface area contributed by atoms with Gasteiger partial charge in [-0.15, -0.1) is 11.3 Å². The second kappa shape index (κ2) is 15.7. The molecule has 0 saturated heterocycles. The van der Waals surface area contributed by atoms with Gasteiger partial charge < -0.3 is 14.3 Å². The Balaban J connectivity index is 1.03. The molecule has 0 saturated carbocycles. The first kappa shape index (κ1) is 45.8. The zero-order valence-corrected chi connectivity index (χ0v) is 45.9. The van der Waals surface area contributed by atoms with Crippen molar-refractivity contribution in [2.75, 3.05) is 5.32 Å². The Kier molecular flexibility index (Phi) is 9.48. The van der Waals surface area contributed by atoms with Gasteiger partial charge in [0.2, 0.25) is 0 Å². The Morgan fingerprint density at radius 2 is 1.14 bits per heavy atom. The van der Waals surface area contributed by atoms with Gasteiger partial charge in [0.25, 0.3) is 0 Å². The minimum atomic E-state index is -0.200. The minimum Gasteiger partial charge on any atom is -0.455 e. The summed E-state index contributed by atoms with van der Waals surface area (Å²) in [4.78, 5) is 0. The fourth-order valence-electron chi connectivity index (χ4n) is 13.8. The van der Waals surface area contributed by atoms with Crippen LogP contribution in [0.4, 0.5) is 11.4 Å². The fourth-order valence-corrected chi connectivity index (χ4v) is 14.9. The van der Waals surface area contributed by atoms with Crippen LogP contribution < -0.4 is 16.2 Å². The first-order chi connectivity index (χ1) is 36.5. The molecule has 0 atom stereocenters. The number of rotatable bonds is 5. The quantitative estimate of drug-likeness (QED) is 0.174. The molecule has 3 nitrogen and oxygen atoms in total. The molecule has 1 N–H and O–H groups in total. The highest BCUT2D eigenvalue weighted by atomic mass is 32.1. The van der Waals surface area contributed by atoms with Crippen molar-refractivity contribution in [1.82, 2.24) is 4.57 Å². The number of hydrogen-bond acceptors (Lipinski definition) is 3. The topological polar surface area (TPSA) is 30.1 Å². The highest BCUT2D eigenvalue weighted by Gasteiger charge is 2.43. The van der Waals surface area contributed by atoms with E-state index in [1.54, 1.807) is 0 Å². The Hall–Kier alpha value is -7.60. The van der Waals surface area contributed by atoms with Crippen molar-refractivity contribution < 1.29 is 4.42 Å². The minimum absolute atomic E-state index is 0.0530. The number of nitrogens with one attached hydrogen (secondary N) is 1. The molecular weight excluding hydrogens is 940 g/mol. The zero-order valence-electron chi connectivity index (χ0n) is 45.1. The molecule has 1 aliphatic heterocycles. The van der Waals surface area contributed by atoms with E-state index in [9.17, 15) is 0 Å². The molecule has 0 radical (unpaired) electrons. The van der Waals surface area contributed by atoms with E-state index >= 15 is 0 Å². The van der Waals surface area contributed by atoms with Gasteiger partial charge >= 0.3 is 0 Å². The molecule has 12 aromatic rings. The molecule has 3 aliphatic rings. The van der Waals surface area contributed by atoms with Gasteiger partial charge in [-0.05, 0) is 134 Å². The van der Waals surface area contributed by atoms with Gasteiger partial charge in [-0.1, -0.05) is 183 Å². The molecule has 2 aliphatic carbocycles. The van der Waals surface area contributed by atoms with Crippen molar-refractivity contribution in [2.24, 2.45) is 0 Å². The number of benzene rings is 9. The van der Waals surface area contributed by atoms with E-state index in [1.165, 1.54) is 122 Å². The van der Waals surface area contributed by atoms with Crippen LogP contribution >= 0.6 is 11.3 Å². The lowest BCUT2D eigenvalue weighted by Crippen LogP contribution is -2.37. The van der Waals surface area contributed by atoms with Crippen molar-refractivity contribution in [3.8, 4) is 50.6 Å². The molecule has 0 spiro atoms. The van der Waals surface area contributed by atoms with Crippen LogP contribution in [0, 0.1) is 0 Å². The fraction of sp³-hybridized carbons (Fsp3) is 0.211. The summed E-state index contributed by atoms with van der Waals surface area (Å²) in [5, 5.41) is 11.6. The lowest BCUT2D eigenvalue weighted by molar-refractivity contribution is 0.331. The third-order valence-electron chi connectivity index (χ3n) is 18.2. The van der Waals surface area contributed by atoms with Crippen molar-refractivity contribution in [3.05, 3.63) is 198 Å². The second-order valence-electron chi connectivity index (χ2n) is 25.2. The summed E-state index contributed by atoms with van der Waals surface area (Å²) in [6.45, 7) is 21.6.